The second kappa shape index (κ2) is 13.3. The number of rotatable bonds is 9. The Morgan fingerprint density at radius 3 is 2.56 bits per heavy atom. The molecule has 2 aromatic carbocycles. The molecule has 0 unspecified atom stereocenters. The maximum atomic E-state index is 9.43. The lowest BCUT2D eigenvalue weighted by molar-refractivity contribution is -0.115. The van der Waals surface area contributed by atoms with Crippen LogP contribution >= 0.6 is 0 Å². The van der Waals surface area contributed by atoms with Crippen LogP contribution in [0.2, 0.25) is 0 Å². The van der Waals surface area contributed by atoms with Gasteiger partial charge < -0.3 is 26.6 Å². The van der Waals surface area contributed by atoms with E-state index in [9.17, 15) is 4.79 Å². The molecule has 0 saturated carbocycles. The number of aromatic nitrogens is 1. The Morgan fingerprint density at radius 1 is 1.18 bits per heavy atom. The molecule has 0 aliphatic rings. The van der Waals surface area contributed by atoms with E-state index in [-0.39, 0.29) is 0 Å². The molecule has 8 heteroatoms. The van der Waals surface area contributed by atoms with Crippen molar-refractivity contribution in [3.8, 4) is 0 Å². The number of anilines is 4. The number of nitrogens with two attached hydrogens (primary N) is 1. The molecule has 0 aliphatic heterocycles. The molecule has 0 fully saturated rings. The number of amides is 1. The molecule has 1 amide bonds. The number of nitrogens with zero attached hydrogens (tertiary/aromatic N) is 3. The fourth-order valence-electron chi connectivity index (χ4n) is 2.97. The molecule has 0 aliphatic carbocycles. The van der Waals surface area contributed by atoms with Crippen molar-refractivity contribution in [3.63, 3.8) is 0 Å². The first-order valence-corrected chi connectivity index (χ1v) is 10.7. The Kier molecular flexibility index (Phi) is 10.1. The van der Waals surface area contributed by atoms with Crippen LogP contribution in [0.3, 0.4) is 0 Å². The average Bonchev–Trinajstić information content (AvgIpc) is 2.85. The summed E-state index contributed by atoms with van der Waals surface area (Å²) in [4.78, 5) is 19.1. The van der Waals surface area contributed by atoms with Gasteiger partial charge in [0.2, 0.25) is 6.41 Å². The van der Waals surface area contributed by atoms with Crippen molar-refractivity contribution in [1.29, 1.82) is 0 Å². The summed E-state index contributed by atoms with van der Waals surface area (Å²) in [5.74, 6) is 0.845. The molecule has 0 saturated heterocycles. The molecule has 3 rings (SSSR count). The van der Waals surface area contributed by atoms with Gasteiger partial charge in [0.1, 0.15) is 5.82 Å². The largest absolute Gasteiger partial charge is 0.398 e. The van der Waals surface area contributed by atoms with Crippen LogP contribution in [-0.4, -0.2) is 50.7 Å². The van der Waals surface area contributed by atoms with Gasteiger partial charge in [-0.25, -0.2) is 4.98 Å². The second-order valence-corrected chi connectivity index (χ2v) is 7.60. The van der Waals surface area contributed by atoms with E-state index in [2.05, 4.69) is 32.5 Å². The van der Waals surface area contributed by atoms with Gasteiger partial charge in [-0.1, -0.05) is 24.8 Å². The molecule has 178 valence electrons. The van der Waals surface area contributed by atoms with Crippen LogP contribution in [0.1, 0.15) is 16.7 Å². The molecule has 0 radical (unpaired) electrons. The predicted molar refractivity (Wildman–Crippen MR) is 144 cm³/mol. The fraction of sp³-hybridized carbons (Fsp3) is 0.192. The van der Waals surface area contributed by atoms with Gasteiger partial charge >= 0.3 is 0 Å². The van der Waals surface area contributed by atoms with Gasteiger partial charge in [-0.05, 0) is 42.0 Å². The molecule has 8 nitrogen and oxygen atoms in total. The monoisotopic (exact) mass is 459 g/mol. The first-order valence-electron chi connectivity index (χ1n) is 10.7. The summed E-state index contributed by atoms with van der Waals surface area (Å²) in [5, 5.41) is 9.89. The van der Waals surface area contributed by atoms with E-state index in [4.69, 9.17) is 5.73 Å². The quantitative estimate of drug-likeness (QED) is 0.217. The maximum absolute atomic E-state index is 9.43. The third kappa shape index (κ3) is 7.98. The number of pyridine rings is 1. The Morgan fingerprint density at radius 2 is 1.91 bits per heavy atom. The van der Waals surface area contributed by atoms with Gasteiger partial charge in [-0.3, -0.25) is 9.79 Å². The zero-order valence-corrected chi connectivity index (χ0v) is 20.2. The highest BCUT2D eigenvalue weighted by Gasteiger charge is 2.07. The Balaban J connectivity index is 0.000000739. The number of carbonyl (C=O) groups excluding carboxylic acids is 1. The van der Waals surface area contributed by atoms with Crippen molar-refractivity contribution in [2.75, 3.05) is 49.9 Å². The van der Waals surface area contributed by atoms with Gasteiger partial charge in [0.25, 0.3) is 0 Å². The normalized spacial score (nSPS) is 10.1. The molecule has 1 aromatic heterocycles. The molecule has 34 heavy (non-hydrogen) atoms. The van der Waals surface area contributed by atoms with Crippen LogP contribution in [0.15, 0.2) is 72.4 Å². The van der Waals surface area contributed by atoms with Crippen LogP contribution in [-0.2, 0) is 11.3 Å². The first kappa shape index (κ1) is 25.9. The van der Waals surface area contributed by atoms with Gasteiger partial charge in [0.05, 0.1) is 0 Å². The molecular formula is C26H33N7O. The second-order valence-electron chi connectivity index (χ2n) is 7.60. The van der Waals surface area contributed by atoms with Crippen molar-refractivity contribution in [1.82, 2.24) is 9.88 Å². The van der Waals surface area contributed by atoms with Gasteiger partial charge in [0.15, 0.2) is 0 Å². The molecule has 0 atom stereocenters. The summed E-state index contributed by atoms with van der Waals surface area (Å²) in [6.45, 7) is 4.89. The number of para-hydroxylation sites is 1. The lowest BCUT2D eigenvalue weighted by Gasteiger charge is -2.16. The molecule has 1 heterocycles. The van der Waals surface area contributed by atoms with Crippen molar-refractivity contribution in [2.45, 2.75) is 6.54 Å². The van der Waals surface area contributed by atoms with E-state index in [0.717, 1.165) is 46.0 Å². The van der Waals surface area contributed by atoms with Crippen molar-refractivity contribution < 1.29 is 4.79 Å². The van der Waals surface area contributed by atoms with E-state index in [1.165, 1.54) is 4.90 Å². The van der Waals surface area contributed by atoms with Crippen LogP contribution in [0, 0.1) is 0 Å². The summed E-state index contributed by atoms with van der Waals surface area (Å²) >= 11 is 0. The molecule has 5 N–H and O–H groups in total. The standard InChI is InChI=1S/C23H26N6.C3H7NO/c1-16(29-19-9-8-18(15-25-2)21(24)13-19)20-6-4-5-7-22(20)28-14-17-10-11-27-23(12-17)26-3;1-4(2)3-5/h4-13,15,28-29H,1,14,24H2,2-3H3,(H,26,27);3H,1-2H3. The third-order valence-electron chi connectivity index (χ3n) is 4.68. The number of nitrogen functional groups attached to an aromatic ring is 1. The summed E-state index contributed by atoms with van der Waals surface area (Å²) in [7, 11) is 6.96. The summed E-state index contributed by atoms with van der Waals surface area (Å²) < 4.78 is 0. The minimum absolute atomic E-state index is 0.665. The van der Waals surface area contributed by atoms with Gasteiger partial charge in [-0.2, -0.15) is 0 Å². The summed E-state index contributed by atoms with van der Waals surface area (Å²) in [6, 6.07) is 17.9. The van der Waals surface area contributed by atoms with Crippen molar-refractivity contribution in [2.24, 2.45) is 4.99 Å². The van der Waals surface area contributed by atoms with Crippen molar-refractivity contribution >= 4 is 41.2 Å². The number of aliphatic imine (C=N–C) groups is 1. The van der Waals surface area contributed by atoms with Crippen LogP contribution in [0.4, 0.5) is 22.9 Å². The maximum Gasteiger partial charge on any atom is 0.209 e. The van der Waals surface area contributed by atoms with Crippen LogP contribution in [0.5, 0.6) is 0 Å². The zero-order valence-electron chi connectivity index (χ0n) is 20.2. The van der Waals surface area contributed by atoms with E-state index >= 15 is 0 Å². The number of carbonyl (C=O) groups is 1. The van der Waals surface area contributed by atoms with Crippen molar-refractivity contribution in [3.05, 3.63) is 84.1 Å². The smallest absolute Gasteiger partial charge is 0.209 e. The third-order valence-corrected chi connectivity index (χ3v) is 4.68. The Labute approximate surface area is 201 Å². The highest BCUT2D eigenvalue weighted by atomic mass is 16.1. The molecular weight excluding hydrogens is 426 g/mol. The number of nitrogens with one attached hydrogen (secondary N) is 3. The van der Waals surface area contributed by atoms with E-state index in [0.29, 0.717) is 12.2 Å². The van der Waals surface area contributed by atoms with Gasteiger partial charge in [0, 0.05) is 81.0 Å². The SMILES string of the molecule is C=C(Nc1ccc(C=NC)c(N)c1)c1ccccc1NCc1ccnc(NC)c1.CN(C)C=O. The van der Waals surface area contributed by atoms with Gasteiger partial charge in [-0.15, -0.1) is 0 Å². The topological polar surface area (TPSA) is 108 Å². The number of benzene rings is 2. The minimum atomic E-state index is 0.665. The minimum Gasteiger partial charge on any atom is -0.398 e. The predicted octanol–water partition coefficient (Wildman–Crippen LogP) is 4.15. The fourth-order valence-corrected chi connectivity index (χ4v) is 2.97. The number of hydrogen-bond donors (Lipinski definition) is 4. The average molecular weight is 460 g/mol. The lowest BCUT2D eigenvalue weighted by atomic mass is 10.1. The van der Waals surface area contributed by atoms with Crippen LogP contribution in [0.25, 0.3) is 5.70 Å². The highest BCUT2D eigenvalue weighted by Crippen LogP contribution is 2.26. The Hall–Kier alpha value is -4.33. The van der Waals surface area contributed by atoms with E-state index in [1.807, 2.05) is 61.6 Å². The number of hydrogen-bond acceptors (Lipinski definition) is 7. The van der Waals surface area contributed by atoms with E-state index in [1.54, 1.807) is 33.6 Å². The van der Waals surface area contributed by atoms with Crippen LogP contribution < -0.4 is 21.7 Å². The summed E-state index contributed by atoms with van der Waals surface area (Å²) in [6.07, 6.45) is 4.29. The molecule has 0 spiro atoms. The summed E-state index contributed by atoms with van der Waals surface area (Å²) in [5.41, 5.74) is 12.5. The molecule has 0 bridgehead atoms. The highest BCUT2D eigenvalue weighted by molar-refractivity contribution is 5.89. The Bertz CT molecular complexity index is 1130. The first-order chi connectivity index (χ1) is 16.4. The van der Waals surface area contributed by atoms with E-state index < -0.39 is 0 Å². The lowest BCUT2D eigenvalue weighted by Crippen LogP contribution is -2.06. The zero-order chi connectivity index (χ0) is 24.9. The molecule has 3 aromatic rings.